The molecule has 25 heavy (non-hydrogen) atoms. The highest BCUT2D eigenvalue weighted by atomic mass is 35.5. The van der Waals surface area contributed by atoms with E-state index in [1.54, 1.807) is 30.3 Å². The average Bonchev–Trinajstić information content (AvgIpc) is 2.61. The van der Waals surface area contributed by atoms with Crippen LogP contribution in [0.2, 0.25) is 5.02 Å². The molecule has 0 fully saturated rings. The maximum atomic E-state index is 12.0. The summed E-state index contributed by atoms with van der Waals surface area (Å²) in [6.45, 7) is 1.24. The van der Waals surface area contributed by atoms with Crippen LogP contribution in [-0.2, 0) is 9.53 Å². The number of carbonyl (C=O) groups excluding carboxylic acids is 3. The van der Waals surface area contributed by atoms with Gasteiger partial charge in [-0.3, -0.25) is 9.59 Å². The summed E-state index contributed by atoms with van der Waals surface area (Å²) in [5, 5.41) is 2.83. The Morgan fingerprint density at radius 1 is 1.08 bits per heavy atom. The maximum absolute atomic E-state index is 12.0. The van der Waals surface area contributed by atoms with E-state index >= 15 is 0 Å². The number of carbonyl (C=O) groups is 3. The summed E-state index contributed by atoms with van der Waals surface area (Å²) in [5.74, 6) is -0.586. The highest BCUT2D eigenvalue weighted by Crippen LogP contribution is 2.21. The summed E-state index contributed by atoms with van der Waals surface area (Å²) in [7, 11) is 1.25. The minimum atomic E-state index is -0.595. The largest absolute Gasteiger partial charge is 0.484 e. The Morgan fingerprint density at radius 2 is 1.76 bits per heavy atom. The number of halogens is 1. The number of esters is 1. The second kappa shape index (κ2) is 8.30. The van der Waals surface area contributed by atoms with Gasteiger partial charge in [-0.2, -0.15) is 0 Å². The van der Waals surface area contributed by atoms with Gasteiger partial charge < -0.3 is 14.8 Å². The second-order valence-electron chi connectivity index (χ2n) is 5.10. The van der Waals surface area contributed by atoms with E-state index in [0.717, 1.165) is 0 Å². The summed E-state index contributed by atoms with van der Waals surface area (Å²) >= 11 is 5.92. The lowest BCUT2D eigenvalue weighted by atomic mass is 10.1. The molecule has 0 saturated carbocycles. The smallest absolute Gasteiger partial charge is 0.339 e. The molecule has 0 unspecified atom stereocenters. The third-order valence-electron chi connectivity index (χ3n) is 3.29. The van der Waals surface area contributed by atoms with Crippen LogP contribution in [0.5, 0.6) is 5.75 Å². The van der Waals surface area contributed by atoms with E-state index in [-0.39, 0.29) is 23.0 Å². The lowest BCUT2D eigenvalue weighted by molar-refractivity contribution is -0.118. The Kier molecular flexibility index (Phi) is 6.14. The van der Waals surface area contributed by atoms with E-state index in [1.165, 1.54) is 26.2 Å². The number of ether oxygens (including phenoxy) is 2. The highest BCUT2D eigenvalue weighted by Gasteiger charge is 2.13. The summed E-state index contributed by atoms with van der Waals surface area (Å²) < 4.78 is 9.98. The number of hydrogen-bond acceptors (Lipinski definition) is 5. The number of nitrogens with one attached hydrogen (secondary N) is 1. The number of amides is 1. The van der Waals surface area contributed by atoms with Gasteiger partial charge in [0.1, 0.15) is 5.75 Å². The molecule has 7 heteroatoms. The maximum Gasteiger partial charge on any atom is 0.339 e. The van der Waals surface area contributed by atoms with Crippen LogP contribution in [0.25, 0.3) is 0 Å². The predicted octanol–water partition coefficient (Wildman–Crippen LogP) is 3.35. The van der Waals surface area contributed by atoms with Crippen LogP contribution in [0.15, 0.2) is 42.5 Å². The van der Waals surface area contributed by atoms with Gasteiger partial charge in [0.25, 0.3) is 5.91 Å². The minimum absolute atomic E-state index is 0.0477. The number of methoxy groups -OCH3 is 1. The van der Waals surface area contributed by atoms with Crippen molar-refractivity contribution in [3.05, 3.63) is 58.6 Å². The fraction of sp³-hybridized carbons (Fsp3) is 0.167. The summed E-state index contributed by atoms with van der Waals surface area (Å²) in [4.78, 5) is 34.7. The second-order valence-corrected chi connectivity index (χ2v) is 5.51. The van der Waals surface area contributed by atoms with Gasteiger partial charge in [0.05, 0.1) is 17.7 Å². The molecule has 6 nitrogen and oxygen atoms in total. The first kappa shape index (κ1) is 18.5. The van der Waals surface area contributed by atoms with Gasteiger partial charge in [0.2, 0.25) is 0 Å². The molecule has 0 aromatic heterocycles. The van der Waals surface area contributed by atoms with Crippen LogP contribution < -0.4 is 10.1 Å². The zero-order valence-electron chi connectivity index (χ0n) is 13.7. The summed E-state index contributed by atoms with van der Waals surface area (Å²) in [6, 6.07) is 10.9. The molecule has 2 aromatic rings. The van der Waals surface area contributed by atoms with Crippen molar-refractivity contribution in [3.8, 4) is 5.75 Å². The first-order chi connectivity index (χ1) is 11.9. The van der Waals surface area contributed by atoms with Crippen molar-refractivity contribution in [2.45, 2.75) is 6.92 Å². The van der Waals surface area contributed by atoms with Crippen molar-refractivity contribution >= 4 is 34.9 Å². The quantitative estimate of drug-likeness (QED) is 0.630. The van der Waals surface area contributed by atoms with E-state index in [2.05, 4.69) is 10.1 Å². The lowest BCUT2D eigenvalue weighted by Crippen LogP contribution is -2.20. The molecule has 0 atom stereocenters. The number of rotatable bonds is 6. The number of ketones is 1. The zero-order chi connectivity index (χ0) is 18.4. The van der Waals surface area contributed by atoms with E-state index in [9.17, 15) is 14.4 Å². The van der Waals surface area contributed by atoms with Gasteiger partial charge in [0.15, 0.2) is 12.4 Å². The van der Waals surface area contributed by atoms with Crippen molar-refractivity contribution in [3.63, 3.8) is 0 Å². The molecule has 0 spiro atoms. The number of anilines is 1. The first-order valence-corrected chi connectivity index (χ1v) is 7.70. The Balaban J connectivity index is 1.96. The molecule has 0 bridgehead atoms. The average molecular weight is 362 g/mol. The van der Waals surface area contributed by atoms with E-state index in [0.29, 0.717) is 17.0 Å². The fourth-order valence-electron chi connectivity index (χ4n) is 2.00. The normalized spacial score (nSPS) is 10.0. The van der Waals surface area contributed by atoms with Crippen molar-refractivity contribution in [1.29, 1.82) is 0 Å². The summed E-state index contributed by atoms with van der Waals surface area (Å²) in [6.07, 6.45) is 0. The number of benzene rings is 2. The number of Topliss-reactive ketones (excluding diaryl/α,β-unsaturated/α-hetero) is 1. The molecule has 0 radical (unpaired) electrons. The Morgan fingerprint density at radius 3 is 2.36 bits per heavy atom. The zero-order valence-corrected chi connectivity index (χ0v) is 14.4. The van der Waals surface area contributed by atoms with E-state index < -0.39 is 11.9 Å². The molecular weight excluding hydrogens is 346 g/mol. The molecule has 0 aliphatic heterocycles. The van der Waals surface area contributed by atoms with Crippen molar-refractivity contribution in [2.24, 2.45) is 0 Å². The molecule has 1 amide bonds. The van der Waals surface area contributed by atoms with Crippen molar-refractivity contribution in [2.75, 3.05) is 19.0 Å². The van der Waals surface area contributed by atoms with Gasteiger partial charge in [-0.25, -0.2) is 4.79 Å². The molecular formula is C18H16ClNO5. The Bertz CT molecular complexity index is 802. The van der Waals surface area contributed by atoms with Crippen molar-refractivity contribution < 1.29 is 23.9 Å². The van der Waals surface area contributed by atoms with Gasteiger partial charge in [-0.15, -0.1) is 0 Å². The van der Waals surface area contributed by atoms with Crippen molar-refractivity contribution in [1.82, 2.24) is 0 Å². The first-order valence-electron chi connectivity index (χ1n) is 7.32. The van der Waals surface area contributed by atoms with E-state index in [4.69, 9.17) is 16.3 Å². The van der Waals surface area contributed by atoms with Crippen LogP contribution in [0.3, 0.4) is 0 Å². The molecule has 2 rings (SSSR count). The molecule has 2 aromatic carbocycles. The topological polar surface area (TPSA) is 81.7 Å². The minimum Gasteiger partial charge on any atom is -0.484 e. The monoisotopic (exact) mass is 361 g/mol. The molecule has 130 valence electrons. The van der Waals surface area contributed by atoms with Gasteiger partial charge in [-0.1, -0.05) is 11.6 Å². The Hall–Kier alpha value is -2.86. The molecule has 1 N–H and O–H groups in total. The molecule has 0 aliphatic carbocycles. The summed E-state index contributed by atoms with van der Waals surface area (Å²) in [5.41, 5.74) is 1.11. The lowest BCUT2D eigenvalue weighted by Gasteiger charge is -2.09. The van der Waals surface area contributed by atoms with Crippen LogP contribution in [0.1, 0.15) is 27.6 Å². The third kappa shape index (κ3) is 5.06. The van der Waals surface area contributed by atoms with Crippen LogP contribution in [0.4, 0.5) is 5.69 Å². The van der Waals surface area contributed by atoms with Crippen LogP contribution in [0, 0.1) is 0 Å². The molecule has 0 aliphatic rings. The third-order valence-corrected chi connectivity index (χ3v) is 3.62. The highest BCUT2D eigenvalue weighted by molar-refractivity contribution is 6.33. The Labute approximate surface area is 149 Å². The molecule has 0 heterocycles. The van der Waals surface area contributed by atoms with Crippen LogP contribution in [-0.4, -0.2) is 31.4 Å². The van der Waals surface area contributed by atoms with Gasteiger partial charge in [-0.05, 0) is 49.4 Å². The predicted molar refractivity (Wildman–Crippen MR) is 93.4 cm³/mol. The van der Waals surface area contributed by atoms with Gasteiger partial charge in [0, 0.05) is 11.3 Å². The molecule has 0 saturated heterocycles. The number of hydrogen-bond donors (Lipinski definition) is 1. The fourth-order valence-corrected chi connectivity index (χ4v) is 2.20. The van der Waals surface area contributed by atoms with Crippen LogP contribution >= 0.6 is 11.6 Å². The van der Waals surface area contributed by atoms with Gasteiger partial charge >= 0.3 is 5.97 Å². The SMILES string of the molecule is COC(=O)c1cc(NC(=O)COc2ccc(C(C)=O)cc2)ccc1Cl. The standard InChI is InChI=1S/C18H16ClNO5/c1-11(21)12-3-6-14(7-4-12)25-10-17(22)20-13-5-8-16(19)15(9-13)18(23)24-2/h3-9H,10H2,1-2H3,(H,20,22). The van der Waals surface area contributed by atoms with E-state index in [1.807, 2.05) is 0 Å².